The molecule has 164 valence electrons. The van der Waals surface area contributed by atoms with Gasteiger partial charge in [0.25, 0.3) is 11.1 Å². The molecule has 0 spiro atoms. The highest BCUT2D eigenvalue weighted by atomic mass is 35.5. The number of Topliss-reactive ketones (excluding diaryl/α,β-unsaturated/α-hetero) is 1. The van der Waals surface area contributed by atoms with Crippen molar-refractivity contribution in [3.63, 3.8) is 0 Å². The first-order valence-corrected chi connectivity index (χ1v) is 11.5. The van der Waals surface area contributed by atoms with Gasteiger partial charge in [0.15, 0.2) is 0 Å². The molecule has 2 aliphatic rings. The number of thioether (sulfide) groups is 1. The molecule has 2 fully saturated rings. The van der Waals surface area contributed by atoms with Crippen LogP contribution in [0.15, 0.2) is 9.64 Å². The Kier molecular flexibility index (Phi) is 9.92. The van der Waals surface area contributed by atoms with Crippen molar-refractivity contribution < 1.29 is 14.0 Å². The van der Waals surface area contributed by atoms with Gasteiger partial charge in [0.2, 0.25) is 11.7 Å². The summed E-state index contributed by atoms with van der Waals surface area (Å²) >= 11 is 1.48. The minimum Gasteiger partial charge on any atom is -0.408 e. The zero-order valence-corrected chi connectivity index (χ0v) is 19.0. The number of amides is 1. The van der Waals surface area contributed by atoms with Crippen LogP contribution in [0.2, 0.25) is 0 Å². The molecule has 1 atom stereocenters. The SMILES string of the molecule is CC(C)CC(NC(=O)C1CCCCC1)C(=O)c1nnc(SCCN2CCC2)o1.Cl. The summed E-state index contributed by atoms with van der Waals surface area (Å²) in [6.07, 6.45) is 7.02. The van der Waals surface area contributed by atoms with E-state index < -0.39 is 6.04 Å². The zero-order valence-electron chi connectivity index (χ0n) is 17.4. The van der Waals surface area contributed by atoms with E-state index in [2.05, 4.69) is 20.4 Å². The lowest BCUT2D eigenvalue weighted by atomic mass is 9.88. The number of carbonyl (C=O) groups excluding carboxylic acids is 2. The Bertz CT molecular complexity index is 660. The third-order valence-electron chi connectivity index (χ3n) is 5.52. The van der Waals surface area contributed by atoms with Crippen molar-refractivity contribution >= 4 is 35.9 Å². The molecule has 1 aliphatic carbocycles. The molecule has 3 rings (SSSR count). The molecule has 1 N–H and O–H groups in total. The van der Waals surface area contributed by atoms with Crippen LogP contribution in [0.4, 0.5) is 0 Å². The van der Waals surface area contributed by atoms with Crippen molar-refractivity contribution in [2.75, 3.05) is 25.4 Å². The maximum atomic E-state index is 12.9. The van der Waals surface area contributed by atoms with Crippen LogP contribution < -0.4 is 5.32 Å². The van der Waals surface area contributed by atoms with Crippen LogP contribution in [-0.4, -0.2) is 58.2 Å². The van der Waals surface area contributed by atoms with Crippen LogP contribution in [0.1, 0.15) is 69.5 Å². The molecule has 1 aromatic heterocycles. The Morgan fingerprint density at radius 1 is 1.17 bits per heavy atom. The van der Waals surface area contributed by atoms with Gasteiger partial charge in [-0.05, 0) is 44.7 Å². The molecular weight excluding hydrogens is 412 g/mol. The summed E-state index contributed by atoms with van der Waals surface area (Å²) < 4.78 is 5.59. The predicted molar refractivity (Wildman–Crippen MR) is 116 cm³/mol. The van der Waals surface area contributed by atoms with E-state index in [0.717, 1.165) is 51.1 Å². The zero-order chi connectivity index (χ0) is 19.9. The first-order chi connectivity index (χ1) is 13.5. The second kappa shape index (κ2) is 11.9. The Labute approximate surface area is 183 Å². The van der Waals surface area contributed by atoms with Gasteiger partial charge >= 0.3 is 0 Å². The van der Waals surface area contributed by atoms with E-state index in [1.54, 1.807) is 0 Å². The summed E-state index contributed by atoms with van der Waals surface area (Å²) in [5.41, 5.74) is 0. The minimum atomic E-state index is -0.603. The largest absolute Gasteiger partial charge is 0.408 e. The Morgan fingerprint density at radius 2 is 1.90 bits per heavy atom. The average Bonchev–Trinajstić information content (AvgIpc) is 3.11. The maximum Gasteiger partial charge on any atom is 0.286 e. The molecule has 29 heavy (non-hydrogen) atoms. The van der Waals surface area contributed by atoms with Gasteiger partial charge < -0.3 is 14.6 Å². The van der Waals surface area contributed by atoms with Gasteiger partial charge in [-0.3, -0.25) is 9.59 Å². The van der Waals surface area contributed by atoms with E-state index in [1.165, 1.54) is 24.6 Å². The lowest BCUT2D eigenvalue weighted by molar-refractivity contribution is -0.126. The molecule has 1 aromatic rings. The van der Waals surface area contributed by atoms with Crippen molar-refractivity contribution in [3.05, 3.63) is 5.89 Å². The van der Waals surface area contributed by atoms with Crippen molar-refractivity contribution in [1.82, 2.24) is 20.4 Å². The summed E-state index contributed by atoms with van der Waals surface area (Å²) in [5.74, 6) is 0.868. The van der Waals surface area contributed by atoms with Crippen LogP contribution in [-0.2, 0) is 4.79 Å². The molecule has 2 heterocycles. The standard InChI is InChI=1S/C20H32N4O3S.ClH/c1-14(2)13-16(21-18(26)15-7-4-3-5-8-15)17(25)19-22-23-20(27-19)28-12-11-24-9-6-10-24;/h14-16H,3-13H2,1-2H3,(H,21,26);1H. The number of hydrogen-bond donors (Lipinski definition) is 1. The molecule has 0 radical (unpaired) electrons. The Hall–Kier alpha value is -1.12. The second-order valence-corrected chi connectivity index (χ2v) is 9.35. The lowest BCUT2D eigenvalue weighted by Gasteiger charge is -2.30. The van der Waals surface area contributed by atoms with E-state index >= 15 is 0 Å². The van der Waals surface area contributed by atoms with Gasteiger partial charge in [0.1, 0.15) is 0 Å². The highest BCUT2D eigenvalue weighted by Gasteiger charge is 2.30. The topological polar surface area (TPSA) is 88.3 Å². The molecule has 1 saturated heterocycles. The van der Waals surface area contributed by atoms with Crippen LogP contribution in [0, 0.1) is 11.8 Å². The van der Waals surface area contributed by atoms with E-state index in [-0.39, 0.29) is 41.8 Å². The number of ketones is 1. The van der Waals surface area contributed by atoms with Gasteiger partial charge in [-0.1, -0.05) is 44.9 Å². The minimum absolute atomic E-state index is 0. The third kappa shape index (κ3) is 7.26. The summed E-state index contributed by atoms with van der Waals surface area (Å²) in [6.45, 7) is 7.39. The molecule has 1 unspecified atom stereocenters. The number of nitrogens with one attached hydrogen (secondary N) is 1. The molecule has 0 bridgehead atoms. The first-order valence-electron chi connectivity index (χ1n) is 10.6. The molecular formula is C20H33ClN4O3S. The predicted octanol–water partition coefficient (Wildman–Crippen LogP) is 3.58. The smallest absolute Gasteiger partial charge is 0.286 e. The van der Waals surface area contributed by atoms with Gasteiger partial charge in [-0.25, -0.2) is 0 Å². The number of carbonyl (C=O) groups is 2. The van der Waals surface area contributed by atoms with Crippen LogP contribution in [0.3, 0.4) is 0 Å². The third-order valence-corrected chi connectivity index (χ3v) is 6.31. The number of likely N-dealkylation sites (tertiary alicyclic amines) is 1. The van der Waals surface area contributed by atoms with Gasteiger partial charge in [-0.2, -0.15) is 0 Å². The summed E-state index contributed by atoms with van der Waals surface area (Å²) in [7, 11) is 0. The van der Waals surface area contributed by atoms with Gasteiger partial charge in [0.05, 0.1) is 6.04 Å². The van der Waals surface area contributed by atoms with E-state index in [1.807, 2.05) is 13.8 Å². The first kappa shape index (κ1) is 24.2. The van der Waals surface area contributed by atoms with E-state index in [4.69, 9.17) is 4.42 Å². The molecule has 0 aromatic carbocycles. The van der Waals surface area contributed by atoms with Gasteiger partial charge in [-0.15, -0.1) is 22.6 Å². The average molecular weight is 445 g/mol. The molecule has 1 aliphatic heterocycles. The van der Waals surface area contributed by atoms with Gasteiger partial charge in [0, 0.05) is 18.2 Å². The number of nitrogens with zero attached hydrogens (tertiary/aromatic N) is 3. The number of hydrogen-bond acceptors (Lipinski definition) is 7. The van der Waals surface area contributed by atoms with Crippen molar-refractivity contribution in [2.24, 2.45) is 11.8 Å². The number of halogens is 1. The molecule has 1 saturated carbocycles. The number of rotatable bonds is 10. The quantitative estimate of drug-likeness (QED) is 0.435. The lowest BCUT2D eigenvalue weighted by Crippen LogP contribution is -2.45. The van der Waals surface area contributed by atoms with Crippen LogP contribution >= 0.6 is 24.2 Å². The van der Waals surface area contributed by atoms with Crippen LogP contribution in [0.5, 0.6) is 0 Å². The maximum absolute atomic E-state index is 12.9. The Morgan fingerprint density at radius 3 is 2.52 bits per heavy atom. The van der Waals surface area contributed by atoms with Crippen LogP contribution in [0.25, 0.3) is 0 Å². The van der Waals surface area contributed by atoms with Crippen molar-refractivity contribution in [3.8, 4) is 0 Å². The Balaban J connectivity index is 0.00000300. The highest BCUT2D eigenvalue weighted by molar-refractivity contribution is 7.99. The number of aromatic nitrogens is 2. The van der Waals surface area contributed by atoms with E-state index in [9.17, 15) is 9.59 Å². The summed E-state index contributed by atoms with van der Waals surface area (Å²) in [6, 6.07) is -0.603. The normalized spacial score (nSPS) is 18.7. The fourth-order valence-electron chi connectivity index (χ4n) is 3.74. The highest BCUT2D eigenvalue weighted by Crippen LogP contribution is 2.24. The molecule has 9 heteroatoms. The molecule has 1 amide bonds. The fraction of sp³-hybridized carbons (Fsp3) is 0.800. The molecule has 7 nitrogen and oxygen atoms in total. The summed E-state index contributed by atoms with van der Waals surface area (Å²) in [5, 5.41) is 11.3. The van der Waals surface area contributed by atoms with Crippen molar-refractivity contribution in [1.29, 1.82) is 0 Å². The fourth-order valence-corrected chi connectivity index (χ4v) is 4.50. The second-order valence-electron chi connectivity index (χ2n) is 8.31. The van der Waals surface area contributed by atoms with Crippen molar-refractivity contribution in [2.45, 2.75) is 70.1 Å². The monoisotopic (exact) mass is 444 g/mol. The van der Waals surface area contributed by atoms with E-state index in [0.29, 0.717) is 11.6 Å². The summed E-state index contributed by atoms with van der Waals surface area (Å²) in [4.78, 5) is 27.9.